The third-order valence-electron chi connectivity index (χ3n) is 4.65. The minimum atomic E-state index is -0.436. The third kappa shape index (κ3) is 4.86. The molecule has 2 N–H and O–H groups in total. The number of hydrazine groups is 1. The van der Waals surface area contributed by atoms with E-state index in [1.165, 1.54) is 24.3 Å². The van der Waals surface area contributed by atoms with Crippen LogP contribution in [0.1, 0.15) is 33.6 Å². The zero-order chi connectivity index (χ0) is 20.1. The van der Waals surface area contributed by atoms with Crippen molar-refractivity contribution in [1.82, 2.24) is 15.8 Å². The molecule has 8 heteroatoms. The molecule has 28 heavy (non-hydrogen) atoms. The van der Waals surface area contributed by atoms with E-state index in [1.807, 2.05) is 0 Å². The lowest BCUT2D eigenvalue weighted by Gasteiger charge is -2.31. The first-order valence-electron chi connectivity index (χ1n) is 8.84. The van der Waals surface area contributed by atoms with Crippen LogP contribution < -0.4 is 10.9 Å². The van der Waals surface area contributed by atoms with Crippen molar-refractivity contribution in [2.45, 2.75) is 12.8 Å². The number of likely N-dealkylation sites (tertiary alicyclic amines) is 1. The zero-order valence-corrected chi connectivity index (χ0v) is 15.7. The third-order valence-corrected chi connectivity index (χ3v) is 4.90. The summed E-state index contributed by atoms with van der Waals surface area (Å²) in [7, 11) is 0. The van der Waals surface area contributed by atoms with Crippen molar-refractivity contribution in [3.63, 3.8) is 0 Å². The van der Waals surface area contributed by atoms with Crippen molar-refractivity contribution in [1.29, 1.82) is 0 Å². The molecule has 1 saturated heterocycles. The molecule has 0 unspecified atom stereocenters. The van der Waals surface area contributed by atoms with Crippen molar-refractivity contribution in [3.8, 4) is 0 Å². The van der Waals surface area contributed by atoms with E-state index >= 15 is 0 Å². The maximum Gasteiger partial charge on any atom is 0.269 e. The van der Waals surface area contributed by atoms with E-state index < -0.39 is 11.7 Å². The number of nitrogens with one attached hydrogen (secondary N) is 2. The van der Waals surface area contributed by atoms with Gasteiger partial charge in [0.05, 0.1) is 0 Å². The Bertz CT molecular complexity index is 863. The van der Waals surface area contributed by atoms with Gasteiger partial charge in [-0.05, 0) is 61.4 Å². The van der Waals surface area contributed by atoms with Gasteiger partial charge in [-0.2, -0.15) is 0 Å². The number of amides is 3. The smallest absolute Gasteiger partial charge is 0.269 e. The van der Waals surface area contributed by atoms with Gasteiger partial charge in [-0.25, -0.2) is 4.39 Å². The average Bonchev–Trinajstić information content (AvgIpc) is 2.72. The zero-order valence-electron chi connectivity index (χ0n) is 15.0. The lowest BCUT2D eigenvalue weighted by molar-refractivity contribution is -0.127. The molecular weight excluding hydrogens is 385 g/mol. The van der Waals surface area contributed by atoms with Crippen molar-refractivity contribution in [2.24, 2.45) is 5.92 Å². The summed E-state index contributed by atoms with van der Waals surface area (Å²) in [5.74, 6) is -1.62. The first-order chi connectivity index (χ1) is 13.4. The van der Waals surface area contributed by atoms with Gasteiger partial charge < -0.3 is 4.90 Å². The van der Waals surface area contributed by atoms with Gasteiger partial charge in [0.1, 0.15) is 5.82 Å². The number of hydrogen-bond donors (Lipinski definition) is 2. The summed E-state index contributed by atoms with van der Waals surface area (Å²) < 4.78 is 13.0. The summed E-state index contributed by atoms with van der Waals surface area (Å²) in [6.45, 7) is 0.832. The van der Waals surface area contributed by atoms with Crippen molar-refractivity contribution < 1.29 is 18.8 Å². The topological polar surface area (TPSA) is 78.5 Å². The second-order valence-electron chi connectivity index (χ2n) is 6.52. The molecule has 2 aromatic rings. The summed E-state index contributed by atoms with van der Waals surface area (Å²) in [6, 6.07) is 11.7. The van der Waals surface area contributed by atoms with E-state index in [1.54, 1.807) is 29.2 Å². The van der Waals surface area contributed by atoms with Gasteiger partial charge in [0.15, 0.2) is 0 Å². The molecule has 0 bridgehead atoms. The van der Waals surface area contributed by atoms with Crippen LogP contribution in [0.2, 0.25) is 5.02 Å². The Morgan fingerprint density at radius 2 is 1.46 bits per heavy atom. The summed E-state index contributed by atoms with van der Waals surface area (Å²) in [5.41, 5.74) is 5.61. The molecule has 1 heterocycles. The van der Waals surface area contributed by atoms with Gasteiger partial charge in [-0.15, -0.1) is 0 Å². The number of carbonyl (C=O) groups excluding carboxylic acids is 3. The Hall–Kier alpha value is -2.93. The second-order valence-corrected chi connectivity index (χ2v) is 6.96. The Kier molecular flexibility index (Phi) is 6.26. The van der Waals surface area contributed by atoms with Crippen LogP contribution in [0, 0.1) is 11.7 Å². The molecule has 0 atom stereocenters. The predicted molar refractivity (Wildman–Crippen MR) is 102 cm³/mol. The molecular formula is C20H19ClFN3O3. The molecule has 0 saturated carbocycles. The first kappa shape index (κ1) is 19.8. The van der Waals surface area contributed by atoms with E-state index in [0.29, 0.717) is 42.1 Å². The minimum absolute atomic E-state index is 0.185. The number of halogens is 2. The lowest BCUT2D eigenvalue weighted by atomic mass is 9.95. The molecule has 2 aromatic carbocycles. The predicted octanol–water partition coefficient (Wildman–Crippen LogP) is 2.79. The van der Waals surface area contributed by atoms with Gasteiger partial charge in [-0.3, -0.25) is 25.2 Å². The molecule has 1 aliphatic rings. The Morgan fingerprint density at radius 1 is 0.893 bits per heavy atom. The number of benzene rings is 2. The molecule has 1 fully saturated rings. The molecule has 0 aliphatic carbocycles. The SMILES string of the molecule is O=C(NNC(=O)C1CCN(C(=O)c2ccc(F)cc2)CC1)c1ccc(Cl)cc1. The number of rotatable bonds is 3. The largest absolute Gasteiger partial charge is 0.339 e. The number of nitrogens with zero attached hydrogens (tertiary/aromatic N) is 1. The molecule has 6 nitrogen and oxygen atoms in total. The normalized spacial score (nSPS) is 14.4. The van der Waals surface area contributed by atoms with Gasteiger partial charge in [-0.1, -0.05) is 11.6 Å². The lowest BCUT2D eigenvalue weighted by Crippen LogP contribution is -2.48. The summed E-state index contributed by atoms with van der Waals surface area (Å²) in [4.78, 5) is 38.4. The monoisotopic (exact) mass is 403 g/mol. The van der Waals surface area contributed by atoms with Crippen LogP contribution in [0.5, 0.6) is 0 Å². The quantitative estimate of drug-likeness (QED) is 0.773. The number of hydrogen-bond acceptors (Lipinski definition) is 3. The van der Waals surface area contributed by atoms with Crippen LogP contribution in [0.15, 0.2) is 48.5 Å². The van der Waals surface area contributed by atoms with Gasteiger partial charge in [0.2, 0.25) is 5.91 Å². The average molecular weight is 404 g/mol. The van der Waals surface area contributed by atoms with Crippen molar-refractivity contribution in [3.05, 3.63) is 70.5 Å². The van der Waals surface area contributed by atoms with Crippen molar-refractivity contribution >= 4 is 29.3 Å². The van der Waals surface area contributed by atoms with Crippen LogP contribution in [-0.4, -0.2) is 35.7 Å². The van der Waals surface area contributed by atoms with Crippen LogP contribution in [0.4, 0.5) is 4.39 Å². The molecule has 1 aliphatic heterocycles. The van der Waals surface area contributed by atoms with Crippen LogP contribution in [0.3, 0.4) is 0 Å². The molecule has 0 spiro atoms. The molecule has 146 valence electrons. The summed E-state index contributed by atoms with van der Waals surface area (Å²) >= 11 is 5.78. The van der Waals surface area contributed by atoms with Gasteiger partial charge in [0.25, 0.3) is 11.8 Å². The van der Waals surface area contributed by atoms with E-state index in [2.05, 4.69) is 10.9 Å². The van der Waals surface area contributed by atoms with E-state index in [9.17, 15) is 18.8 Å². The highest BCUT2D eigenvalue weighted by Gasteiger charge is 2.28. The Labute approximate surface area is 166 Å². The van der Waals surface area contributed by atoms with E-state index in [4.69, 9.17) is 11.6 Å². The molecule has 0 radical (unpaired) electrons. The number of carbonyl (C=O) groups is 3. The van der Waals surface area contributed by atoms with Crippen LogP contribution in [-0.2, 0) is 4.79 Å². The fraction of sp³-hybridized carbons (Fsp3) is 0.250. The summed E-state index contributed by atoms with van der Waals surface area (Å²) in [5, 5.41) is 0.516. The maximum atomic E-state index is 13.0. The highest BCUT2D eigenvalue weighted by Crippen LogP contribution is 2.19. The fourth-order valence-electron chi connectivity index (χ4n) is 3.01. The highest BCUT2D eigenvalue weighted by atomic mass is 35.5. The Balaban J connectivity index is 1.47. The first-order valence-corrected chi connectivity index (χ1v) is 9.22. The molecule has 3 amide bonds. The minimum Gasteiger partial charge on any atom is -0.339 e. The van der Waals surface area contributed by atoms with E-state index in [0.717, 1.165) is 0 Å². The van der Waals surface area contributed by atoms with Crippen LogP contribution in [0.25, 0.3) is 0 Å². The number of piperidine rings is 1. The molecule has 3 rings (SSSR count). The van der Waals surface area contributed by atoms with Crippen LogP contribution >= 0.6 is 11.6 Å². The van der Waals surface area contributed by atoms with E-state index in [-0.39, 0.29) is 17.7 Å². The second kappa shape index (κ2) is 8.84. The van der Waals surface area contributed by atoms with Gasteiger partial charge in [0, 0.05) is 35.2 Å². The Morgan fingerprint density at radius 3 is 2.07 bits per heavy atom. The fourth-order valence-corrected chi connectivity index (χ4v) is 3.14. The highest BCUT2D eigenvalue weighted by molar-refractivity contribution is 6.30. The maximum absolute atomic E-state index is 13.0. The standard InChI is InChI=1S/C20H19ClFN3O3/c21-16-5-1-13(2-6-16)18(26)23-24-19(27)14-9-11-25(12-10-14)20(28)15-3-7-17(22)8-4-15/h1-8,14H,9-12H2,(H,23,26)(H,24,27). The summed E-state index contributed by atoms with van der Waals surface area (Å²) in [6.07, 6.45) is 0.963. The van der Waals surface area contributed by atoms with Gasteiger partial charge >= 0.3 is 0 Å². The molecule has 0 aromatic heterocycles. The van der Waals surface area contributed by atoms with Crippen molar-refractivity contribution in [2.75, 3.05) is 13.1 Å².